The average molecular weight is 311 g/mol. The number of aliphatic hydroxyl groups excluding tert-OH is 1. The van der Waals surface area contributed by atoms with E-state index in [0.717, 1.165) is 28.6 Å². The Morgan fingerprint density at radius 3 is 2.05 bits per heavy atom. The van der Waals surface area contributed by atoms with Gasteiger partial charge in [-0.1, -0.05) is 0 Å². The van der Waals surface area contributed by atoms with Crippen LogP contribution in [-0.2, 0) is 16.2 Å². The van der Waals surface area contributed by atoms with Crippen LogP contribution in [0, 0.1) is 0 Å². The summed E-state index contributed by atoms with van der Waals surface area (Å²) >= 11 is 0. The van der Waals surface area contributed by atoms with Crippen molar-refractivity contribution in [1.29, 1.82) is 0 Å². The van der Waals surface area contributed by atoms with Crippen LogP contribution >= 0.6 is 0 Å². The van der Waals surface area contributed by atoms with E-state index in [4.69, 9.17) is 5.11 Å². The molecule has 1 aromatic rings. The van der Waals surface area contributed by atoms with Crippen LogP contribution in [0.1, 0.15) is 19.4 Å². The van der Waals surface area contributed by atoms with E-state index in [1.54, 1.807) is 13.8 Å². The fourth-order valence-corrected chi connectivity index (χ4v) is 3.33. The topological polar surface area (TPSA) is 57.6 Å². The molecular formula is C12H16F3NO3S. The average Bonchev–Trinajstić information content (AvgIpc) is 2.34. The van der Waals surface area contributed by atoms with Crippen LogP contribution in [0.4, 0.5) is 13.2 Å². The van der Waals surface area contributed by atoms with Crippen molar-refractivity contribution in [2.75, 3.05) is 13.2 Å². The van der Waals surface area contributed by atoms with Gasteiger partial charge in [-0.2, -0.15) is 17.5 Å². The van der Waals surface area contributed by atoms with E-state index in [1.807, 2.05) is 0 Å². The lowest BCUT2D eigenvalue weighted by Gasteiger charge is -2.25. The zero-order valence-corrected chi connectivity index (χ0v) is 11.9. The third-order valence-corrected chi connectivity index (χ3v) is 4.77. The Kier molecular flexibility index (Phi) is 5.17. The molecule has 114 valence electrons. The Labute approximate surface area is 115 Å². The minimum absolute atomic E-state index is 0.110. The van der Waals surface area contributed by atoms with Crippen LogP contribution in [0.15, 0.2) is 29.2 Å². The summed E-state index contributed by atoms with van der Waals surface area (Å²) in [6.45, 7) is 2.77. The molecule has 20 heavy (non-hydrogen) atoms. The van der Waals surface area contributed by atoms with Gasteiger partial charge >= 0.3 is 6.18 Å². The monoisotopic (exact) mass is 311 g/mol. The first-order valence-electron chi connectivity index (χ1n) is 5.90. The molecule has 0 amide bonds. The molecule has 0 fully saturated rings. The van der Waals surface area contributed by atoms with E-state index >= 15 is 0 Å². The van der Waals surface area contributed by atoms with Crippen molar-refractivity contribution in [2.24, 2.45) is 0 Å². The summed E-state index contributed by atoms with van der Waals surface area (Å²) in [5.74, 6) is 0. The van der Waals surface area contributed by atoms with E-state index in [0.29, 0.717) is 0 Å². The number of nitrogens with zero attached hydrogens (tertiary/aromatic N) is 1. The molecule has 0 aliphatic carbocycles. The minimum Gasteiger partial charge on any atom is -0.395 e. The Hall–Kier alpha value is -1.12. The number of aliphatic hydroxyl groups is 1. The molecule has 0 aromatic heterocycles. The van der Waals surface area contributed by atoms with Gasteiger partial charge < -0.3 is 5.11 Å². The lowest BCUT2D eigenvalue weighted by atomic mass is 10.2. The molecule has 0 radical (unpaired) electrons. The number of benzene rings is 1. The van der Waals surface area contributed by atoms with Crippen LogP contribution in [-0.4, -0.2) is 37.0 Å². The summed E-state index contributed by atoms with van der Waals surface area (Å²) in [7, 11) is -3.92. The van der Waals surface area contributed by atoms with Gasteiger partial charge in [-0.25, -0.2) is 8.42 Å². The van der Waals surface area contributed by atoms with Gasteiger partial charge in [0.2, 0.25) is 10.0 Å². The van der Waals surface area contributed by atoms with Gasteiger partial charge in [-0.15, -0.1) is 0 Å². The quantitative estimate of drug-likeness (QED) is 0.906. The van der Waals surface area contributed by atoms with E-state index in [9.17, 15) is 21.6 Å². The molecule has 1 rings (SSSR count). The Bertz CT molecular complexity index is 538. The first-order chi connectivity index (χ1) is 9.10. The van der Waals surface area contributed by atoms with Gasteiger partial charge in [0.05, 0.1) is 17.1 Å². The van der Waals surface area contributed by atoms with Gasteiger partial charge in [0.15, 0.2) is 0 Å². The highest BCUT2D eigenvalue weighted by atomic mass is 32.2. The highest BCUT2D eigenvalue weighted by molar-refractivity contribution is 7.89. The van der Waals surface area contributed by atoms with E-state index in [1.165, 1.54) is 0 Å². The maximum Gasteiger partial charge on any atom is 0.416 e. The largest absolute Gasteiger partial charge is 0.416 e. The summed E-state index contributed by atoms with van der Waals surface area (Å²) in [4.78, 5) is -0.229. The number of rotatable bonds is 5. The van der Waals surface area contributed by atoms with Crippen molar-refractivity contribution >= 4 is 10.0 Å². The van der Waals surface area contributed by atoms with Crippen LogP contribution in [0.3, 0.4) is 0 Å². The Morgan fingerprint density at radius 1 is 1.20 bits per heavy atom. The van der Waals surface area contributed by atoms with Crippen molar-refractivity contribution in [2.45, 2.75) is 31.0 Å². The van der Waals surface area contributed by atoms with Gasteiger partial charge in [0.25, 0.3) is 0 Å². The highest BCUT2D eigenvalue weighted by Gasteiger charge is 2.32. The fourth-order valence-electron chi connectivity index (χ4n) is 1.71. The van der Waals surface area contributed by atoms with Crippen LogP contribution in [0.25, 0.3) is 0 Å². The second-order valence-corrected chi connectivity index (χ2v) is 6.35. The molecule has 1 N–H and O–H groups in total. The summed E-state index contributed by atoms with van der Waals surface area (Å²) in [5, 5.41) is 8.89. The molecule has 4 nitrogen and oxygen atoms in total. The summed E-state index contributed by atoms with van der Waals surface area (Å²) < 4.78 is 62.8. The van der Waals surface area contributed by atoms with E-state index < -0.39 is 27.8 Å². The second kappa shape index (κ2) is 6.11. The number of halogens is 3. The van der Waals surface area contributed by atoms with Crippen molar-refractivity contribution in [1.82, 2.24) is 4.31 Å². The SMILES string of the molecule is CC(C)N(CCO)S(=O)(=O)c1ccc(C(F)(F)F)cc1. The smallest absolute Gasteiger partial charge is 0.395 e. The maximum absolute atomic E-state index is 12.4. The molecule has 8 heteroatoms. The lowest BCUT2D eigenvalue weighted by molar-refractivity contribution is -0.137. The van der Waals surface area contributed by atoms with E-state index in [-0.39, 0.29) is 18.0 Å². The highest BCUT2D eigenvalue weighted by Crippen LogP contribution is 2.30. The number of hydrogen-bond donors (Lipinski definition) is 1. The molecule has 0 bridgehead atoms. The summed E-state index contributed by atoms with van der Waals surface area (Å²) in [6, 6.07) is 2.89. The van der Waals surface area contributed by atoms with Crippen molar-refractivity contribution in [3.05, 3.63) is 29.8 Å². The molecule has 0 aliphatic rings. The van der Waals surface area contributed by atoms with Crippen molar-refractivity contribution in [3.8, 4) is 0 Å². The third-order valence-electron chi connectivity index (χ3n) is 2.68. The van der Waals surface area contributed by atoms with Crippen molar-refractivity contribution < 1.29 is 26.7 Å². The van der Waals surface area contributed by atoms with Gasteiger partial charge in [-0.05, 0) is 38.1 Å². The summed E-state index contributed by atoms with van der Waals surface area (Å²) in [6.07, 6.45) is -4.51. The molecule has 0 unspecified atom stereocenters. The second-order valence-electron chi connectivity index (χ2n) is 4.46. The molecule has 0 saturated carbocycles. The van der Waals surface area contributed by atoms with Gasteiger partial charge in [0, 0.05) is 12.6 Å². The first kappa shape index (κ1) is 16.9. The van der Waals surface area contributed by atoms with Crippen LogP contribution in [0.2, 0.25) is 0 Å². The van der Waals surface area contributed by atoms with Gasteiger partial charge in [-0.3, -0.25) is 0 Å². The molecule has 0 spiro atoms. The molecule has 1 aromatic carbocycles. The lowest BCUT2D eigenvalue weighted by Crippen LogP contribution is -2.38. The fraction of sp³-hybridized carbons (Fsp3) is 0.500. The standard InChI is InChI=1S/C12H16F3NO3S/c1-9(2)16(7-8-17)20(18,19)11-5-3-10(4-6-11)12(13,14)15/h3-6,9,17H,7-8H2,1-2H3. The Morgan fingerprint density at radius 2 is 1.70 bits per heavy atom. The zero-order valence-electron chi connectivity index (χ0n) is 11.1. The molecular weight excluding hydrogens is 295 g/mol. The number of alkyl halides is 3. The van der Waals surface area contributed by atoms with Crippen LogP contribution < -0.4 is 0 Å². The predicted octanol–water partition coefficient (Wildman–Crippen LogP) is 2.10. The van der Waals surface area contributed by atoms with Crippen LogP contribution in [0.5, 0.6) is 0 Å². The predicted molar refractivity (Wildman–Crippen MR) is 67.6 cm³/mol. The maximum atomic E-state index is 12.4. The zero-order chi connectivity index (χ0) is 15.6. The van der Waals surface area contributed by atoms with E-state index in [2.05, 4.69) is 0 Å². The molecule has 0 atom stereocenters. The van der Waals surface area contributed by atoms with Gasteiger partial charge in [0.1, 0.15) is 0 Å². The molecule has 0 heterocycles. The van der Waals surface area contributed by atoms with Crippen molar-refractivity contribution in [3.63, 3.8) is 0 Å². The molecule has 0 aliphatic heterocycles. The first-order valence-corrected chi connectivity index (χ1v) is 7.34. The third kappa shape index (κ3) is 3.71. The minimum atomic E-state index is -4.51. The number of hydrogen-bond acceptors (Lipinski definition) is 3. The summed E-state index contributed by atoms with van der Waals surface area (Å²) in [5.41, 5.74) is -0.908. The molecule has 0 saturated heterocycles. The normalized spacial score (nSPS) is 13.2. The Balaban J connectivity index is 3.15. The number of sulfonamides is 1.